The van der Waals surface area contributed by atoms with Crippen molar-refractivity contribution in [1.82, 2.24) is 34.6 Å². The highest BCUT2D eigenvalue weighted by Crippen LogP contribution is 2.43. The zero-order valence-corrected chi connectivity index (χ0v) is 72.5. The van der Waals surface area contributed by atoms with Crippen LogP contribution >= 0.6 is 77.2 Å². The molecule has 16 rings (SSSR count). The summed E-state index contributed by atoms with van der Waals surface area (Å²) in [5.41, 5.74) is 16.0. The van der Waals surface area contributed by atoms with Gasteiger partial charge in [0.1, 0.15) is 61.1 Å². The van der Waals surface area contributed by atoms with Gasteiger partial charge in [-0.2, -0.15) is 59.0 Å². The number of nitrogen functional groups attached to an aromatic ring is 1. The maximum atomic E-state index is 11.8. The number of nitrogens with zero attached hydrogens (tertiary/aromatic N) is 13. The van der Waals surface area contributed by atoms with E-state index < -0.39 is 4.92 Å². The number of hydrogen-bond acceptors (Lipinski definition) is 26. The van der Waals surface area contributed by atoms with Crippen LogP contribution in [0.2, 0.25) is 5.28 Å². The maximum Gasteiger partial charge on any atom is 0.273 e. The molecule has 39 heteroatoms. The first kappa shape index (κ1) is 98.2. The number of carbonyl (C=O) groups excluding carboxylic acids is 6. The van der Waals surface area contributed by atoms with Gasteiger partial charge in [-0.15, -0.1) is 0 Å². The number of fused-ring (bicyclic) bond motifs is 12. The second-order valence-corrected chi connectivity index (χ2v) is 28.9. The maximum absolute atomic E-state index is 11.8. The number of nitrogens with one attached hydrogen (secondary N) is 5. The second-order valence-electron chi connectivity index (χ2n) is 28.0. The molecule has 8 aliphatic heterocycles. The van der Waals surface area contributed by atoms with Gasteiger partial charge in [-0.1, -0.05) is 32.7 Å². The molecule has 6 aromatic carbocycles. The third-order valence-electron chi connectivity index (χ3n) is 20.0. The van der Waals surface area contributed by atoms with Gasteiger partial charge in [0.25, 0.3) is 11.4 Å². The Balaban J connectivity index is 0.000000237. The molecule has 5 amide bonds. The van der Waals surface area contributed by atoms with Crippen molar-refractivity contribution in [3.63, 3.8) is 0 Å². The first-order valence-electron chi connectivity index (χ1n) is 37.5. The number of carbonyl (C=O) groups is 6. The van der Waals surface area contributed by atoms with Crippen molar-refractivity contribution in [2.75, 3.05) is 144 Å². The third kappa shape index (κ3) is 26.2. The summed E-state index contributed by atoms with van der Waals surface area (Å²) in [5.74, 6) is 4.32. The number of ether oxygens (including phenoxy) is 4. The van der Waals surface area contributed by atoms with Crippen LogP contribution in [0.1, 0.15) is 65.5 Å². The van der Waals surface area contributed by atoms with E-state index >= 15 is 0 Å². The fourth-order valence-corrected chi connectivity index (χ4v) is 14.3. The van der Waals surface area contributed by atoms with Gasteiger partial charge >= 0.3 is 0 Å². The van der Waals surface area contributed by atoms with E-state index in [4.69, 9.17) is 36.3 Å². The number of nitrogens with two attached hydrogens (primary N) is 1. The summed E-state index contributed by atoms with van der Waals surface area (Å²) in [6, 6.07) is 36.8. The number of rotatable bonds is 12. The molecule has 4 saturated heterocycles. The fraction of sp³-hybridized carbons (Fsp3) is 0.341. The number of anilines is 13. The van der Waals surface area contributed by atoms with Crippen LogP contribution in [0.5, 0.6) is 23.0 Å². The Kier molecular flexibility index (Phi) is 37.1. The Bertz CT molecular complexity index is 5030. The standard InChI is InChI=1S/C27H29N7O3.C14H13ClN4O.C13H15N3O4.C13H17N3O2.C12H14N2O3.C2H3ClO.CH4.4H2S/c1-4-25(36)29-19-6-5-7-20(12-19)30-26-17(2)14-28-27(32-26)31-21-8-9-23-24(13-21)37-16-22-15-33(18(3)35)10-11-34(22)23;1-3-12(20)17-10-5-4-6-11(7-10)18-13-9(2)8-16-14(15)19-13;1-9(17)14-4-5-15-11(7-14)8-20-13-6-10(16(18)19)2-3-12(13)15;1-9(17)15-4-5-16-11(7-15)8-18-13-6-10(14)2-3-12(13)16;15-14(16)9-4-5-11-12(7-9)17-8-10-3-1-2-6-13(10)11;1-2(3)4;;;;;/h4-9,12-14,22H,1,10-11,15-16H2,2-3H3,(H,29,36)(H2,28,30,31,32);3-8H,1H2,2H3,(H,17,20)(H,16,18,19);2-3,6,11H,4-5,7-8H2,1H3;2-3,6,11H,4-5,7-8,14H2,1H3;4-5,7,10H,1-3,6,8H2;1H3;1H4;4*1H2/t22-;;2*11-;10-;;;;;;/m0.000....../s1. The molecule has 0 unspecified atom stereocenters. The van der Waals surface area contributed by atoms with Crippen molar-refractivity contribution >= 4 is 198 Å². The van der Waals surface area contributed by atoms with Crippen molar-refractivity contribution in [1.29, 1.82) is 0 Å². The molecule has 33 nitrogen and oxygen atoms in total. The van der Waals surface area contributed by atoms with Gasteiger partial charge in [0.15, 0.2) is 0 Å². The molecule has 0 aliphatic carbocycles. The van der Waals surface area contributed by atoms with Gasteiger partial charge in [0, 0.05) is 175 Å². The molecule has 4 atom stereocenters. The normalized spacial score (nSPS) is 16.6. The number of halogens is 2. The summed E-state index contributed by atoms with van der Waals surface area (Å²) in [4.78, 5) is 119. The number of benzene rings is 6. The number of piperazine rings is 3. The smallest absolute Gasteiger partial charge is 0.273 e. The number of amides is 5. The van der Waals surface area contributed by atoms with E-state index in [1.807, 2.05) is 96.4 Å². The summed E-state index contributed by atoms with van der Waals surface area (Å²) < 4.78 is 23.1. The average molecular weight is 1780 g/mol. The average Bonchev–Trinajstić information content (AvgIpc) is 0.798. The Morgan fingerprint density at radius 2 is 0.860 bits per heavy atom. The third-order valence-corrected chi connectivity index (χ3v) is 20.1. The van der Waals surface area contributed by atoms with Crippen molar-refractivity contribution in [3.8, 4) is 23.0 Å². The van der Waals surface area contributed by atoms with Crippen LogP contribution in [0.4, 0.5) is 85.8 Å². The summed E-state index contributed by atoms with van der Waals surface area (Å²) >= 11 is 10.4. The van der Waals surface area contributed by atoms with Crippen molar-refractivity contribution in [3.05, 3.63) is 196 Å². The number of non-ortho nitro benzene ring substituents is 2. The van der Waals surface area contributed by atoms with E-state index in [9.17, 15) is 49.0 Å². The van der Waals surface area contributed by atoms with Gasteiger partial charge < -0.3 is 85.6 Å². The topological polar surface area (TPSA) is 386 Å². The van der Waals surface area contributed by atoms with E-state index in [1.165, 1.54) is 50.1 Å². The summed E-state index contributed by atoms with van der Waals surface area (Å²) in [5, 5.41) is 36.4. The second kappa shape index (κ2) is 45.7. The minimum atomic E-state index is -0.427. The lowest BCUT2D eigenvalue weighted by Gasteiger charge is -2.45. The lowest BCUT2D eigenvalue weighted by atomic mass is 10.00. The van der Waals surface area contributed by atoms with Crippen LogP contribution in [0.25, 0.3) is 0 Å². The van der Waals surface area contributed by atoms with E-state index in [1.54, 1.807) is 68.4 Å². The number of hydrogen-bond donors (Lipinski definition) is 6. The number of aryl methyl sites for hydroxylation is 2. The van der Waals surface area contributed by atoms with Gasteiger partial charge in [-0.3, -0.25) is 49.0 Å². The zero-order chi connectivity index (χ0) is 82.9. The predicted molar refractivity (Wildman–Crippen MR) is 494 cm³/mol. The fourth-order valence-electron chi connectivity index (χ4n) is 14.1. The molecule has 648 valence electrons. The zero-order valence-electron chi connectivity index (χ0n) is 67.0. The number of nitro groups is 2. The molecule has 4 fully saturated rings. The van der Waals surface area contributed by atoms with Crippen LogP contribution in [0, 0.1) is 34.1 Å². The predicted octanol–water partition coefficient (Wildman–Crippen LogP) is 13.1. The molecule has 0 radical (unpaired) electrons. The van der Waals surface area contributed by atoms with E-state index in [2.05, 4.69) is 90.9 Å². The number of piperidine rings is 1. The van der Waals surface area contributed by atoms with E-state index in [-0.39, 0.29) is 136 Å². The molecule has 121 heavy (non-hydrogen) atoms. The van der Waals surface area contributed by atoms with Crippen molar-refractivity contribution < 1.29 is 57.6 Å². The van der Waals surface area contributed by atoms with Gasteiger partial charge in [-0.05, 0) is 141 Å². The van der Waals surface area contributed by atoms with Gasteiger partial charge in [0.05, 0.1) is 68.9 Å². The quantitative estimate of drug-likeness (QED) is 0.0165. The molecule has 8 aliphatic rings. The summed E-state index contributed by atoms with van der Waals surface area (Å²) in [6.07, 6.45) is 9.41. The SMILES string of the molecule is C.C=CC(=O)Nc1cccc(Nc2nc(Cl)ncc2C)c1.C=CC(=O)Nc1cccc(Nc2nc(Nc3ccc4c(c3)OC[C@@H]3CN(C(C)=O)CCN43)ncc2C)c1.CC(=O)Cl.CC(=O)N1CCN2c3ccc(N)cc3OC[C@@H]2C1.CC(=O)N1CCN2c3ccc([N+](=O)[O-])cc3OC[C@@H]2C1.O=[N+]([O-])c1ccc2c(c1)OC[C@@H]1CCCCN21.S.S.S.S. The Morgan fingerprint density at radius 3 is 1.29 bits per heavy atom. The largest absolute Gasteiger partial charge is 0.489 e. The molecule has 0 bridgehead atoms. The van der Waals surface area contributed by atoms with Gasteiger partial charge in [0.2, 0.25) is 46.0 Å². The summed E-state index contributed by atoms with van der Waals surface area (Å²) in [7, 11) is 0. The van der Waals surface area contributed by atoms with E-state index in [0.29, 0.717) is 99.1 Å². The summed E-state index contributed by atoms with van der Waals surface area (Å²) in [6.45, 7) is 26.6. The lowest BCUT2D eigenvalue weighted by molar-refractivity contribution is -0.385. The molecule has 8 aromatic rings. The lowest BCUT2D eigenvalue weighted by Crippen LogP contribution is -2.58. The van der Waals surface area contributed by atoms with Crippen LogP contribution < -0.4 is 70.9 Å². The van der Waals surface area contributed by atoms with E-state index in [0.717, 1.165) is 114 Å². The molecule has 10 heterocycles. The molecular formula is C82H103Cl2N19O14S4. The Morgan fingerprint density at radius 1 is 0.488 bits per heavy atom. The Labute approximate surface area is 740 Å². The minimum absolute atomic E-state index is 0. The van der Waals surface area contributed by atoms with Crippen LogP contribution in [-0.4, -0.2) is 195 Å². The van der Waals surface area contributed by atoms with Crippen molar-refractivity contribution in [2.24, 2.45) is 0 Å². The number of nitro benzene ring substituents is 2. The minimum Gasteiger partial charge on any atom is -0.489 e. The molecule has 0 saturated carbocycles. The highest BCUT2D eigenvalue weighted by atomic mass is 35.5. The first-order chi connectivity index (χ1) is 55.7. The van der Waals surface area contributed by atoms with Crippen LogP contribution in [0.3, 0.4) is 0 Å². The first-order valence-corrected chi connectivity index (χ1v) is 38.2. The molecule has 7 N–H and O–H groups in total. The molecule has 2 aromatic heterocycles. The van der Waals surface area contributed by atoms with Gasteiger partial charge in [-0.25, -0.2) is 15.0 Å². The monoisotopic (exact) mass is 1780 g/mol. The highest BCUT2D eigenvalue weighted by Gasteiger charge is 2.38. The van der Waals surface area contributed by atoms with Crippen molar-refractivity contribution in [2.45, 2.75) is 92.4 Å². The highest BCUT2D eigenvalue weighted by molar-refractivity contribution is 7.59. The number of aromatic nitrogens is 4. The van der Waals surface area contributed by atoms with Crippen LogP contribution in [-0.2, 0) is 28.8 Å². The molecular weight excluding hydrogens is 1670 g/mol. The molecule has 0 spiro atoms. The Hall–Kier alpha value is -11.6. The van der Waals surface area contributed by atoms with Crippen LogP contribution in [0.15, 0.2) is 159 Å².